The first-order valence-electron chi connectivity index (χ1n) is 9.16. The van der Waals surface area contributed by atoms with Crippen LogP contribution in [-0.4, -0.2) is 36.3 Å². The van der Waals surface area contributed by atoms with Gasteiger partial charge in [0, 0.05) is 24.0 Å². The van der Waals surface area contributed by atoms with Crippen LogP contribution in [0.1, 0.15) is 39.0 Å². The summed E-state index contributed by atoms with van der Waals surface area (Å²) in [6.45, 7) is 10.7. The number of benzene rings is 1. The molecule has 1 amide bonds. The number of hydrogen-bond donors (Lipinski definition) is 1. The number of hydrogen-bond acceptors (Lipinski definition) is 5. The van der Waals surface area contributed by atoms with Crippen LogP contribution in [-0.2, 0) is 11.3 Å². The molecule has 3 rings (SSSR count). The SMILES string of the molecule is C=CCn1c(C)c(C(=O)Nc2ccc3c(c2)OCCO3)c(C)c1C(=O)OCC. The molecule has 0 saturated heterocycles. The number of anilines is 1. The van der Waals surface area contributed by atoms with Crippen LogP contribution in [0, 0.1) is 13.8 Å². The predicted octanol–water partition coefficient (Wildman–Crippen LogP) is 3.49. The number of aromatic nitrogens is 1. The van der Waals surface area contributed by atoms with Gasteiger partial charge in [-0.05, 0) is 38.5 Å². The van der Waals surface area contributed by atoms with Gasteiger partial charge in [0.15, 0.2) is 11.5 Å². The van der Waals surface area contributed by atoms with Crippen LogP contribution in [0.4, 0.5) is 5.69 Å². The van der Waals surface area contributed by atoms with Gasteiger partial charge < -0.3 is 24.1 Å². The molecule has 1 aromatic heterocycles. The van der Waals surface area contributed by atoms with Crippen molar-refractivity contribution in [3.8, 4) is 11.5 Å². The molecule has 1 aromatic carbocycles. The summed E-state index contributed by atoms with van der Waals surface area (Å²) < 4.78 is 18.0. The Labute approximate surface area is 163 Å². The molecule has 0 bridgehead atoms. The lowest BCUT2D eigenvalue weighted by Crippen LogP contribution is -2.17. The highest BCUT2D eigenvalue weighted by Gasteiger charge is 2.27. The molecule has 0 fully saturated rings. The second-order valence-corrected chi connectivity index (χ2v) is 6.37. The van der Waals surface area contributed by atoms with E-state index in [-0.39, 0.29) is 12.5 Å². The summed E-state index contributed by atoms with van der Waals surface area (Å²) >= 11 is 0. The van der Waals surface area contributed by atoms with Crippen molar-refractivity contribution in [1.29, 1.82) is 0 Å². The number of nitrogens with zero attached hydrogens (tertiary/aromatic N) is 1. The van der Waals surface area contributed by atoms with Gasteiger partial charge in [-0.15, -0.1) is 6.58 Å². The Morgan fingerprint density at radius 2 is 1.96 bits per heavy atom. The predicted molar refractivity (Wildman–Crippen MR) is 105 cm³/mol. The van der Waals surface area contributed by atoms with E-state index in [2.05, 4.69) is 11.9 Å². The minimum Gasteiger partial charge on any atom is -0.486 e. The first-order valence-corrected chi connectivity index (χ1v) is 9.16. The van der Waals surface area contributed by atoms with Crippen LogP contribution < -0.4 is 14.8 Å². The zero-order valence-corrected chi connectivity index (χ0v) is 16.3. The maximum Gasteiger partial charge on any atom is 0.355 e. The van der Waals surface area contributed by atoms with Crippen LogP contribution >= 0.6 is 0 Å². The van der Waals surface area contributed by atoms with Gasteiger partial charge in [-0.1, -0.05) is 6.08 Å². The highest BCUT2D eigenvalue weighted by Crippen LogP contribution is 2.33. The largest absolute Gasteiger partial charge is 0.486 e. The monoisotopic (exact) mass is 384 g/mol. The fraction of sp³-hybridized carbons (Fsp3) is 0.333. The van der Waals surface area contributed by atoms with E-state index in [0.717, 1.165) is 0 Å². The number of esters is 1. The van der Waals surface area contributed by atoms with Crippen LogP contribution in [0.25, 0.3) is 0 Å². The molecule has 0 atom stereocenters. The smallest absolute Gasteiger partial charge is 0.355 e. The van der Waals surface area contributed by atoms with Crippen molar-refractivity contribution in [1.82, 2.24) is 4.57 Å². The molecule has 148 valence electrons. The summed E-state index contributed by atoms with van der Waals surface area (Å²) in [6.07, 6.45) is 1.68. The van der Waals surface area contributed by atoms with Gasteiger partial charge in [0.1, 0.15) is 18.9 Å². The molecule has 28 heavy (non-hydrogen) atoms. The highest BCUT2D eigenvalue weighted by atomic mass is 16.6. The van der Waals surface area contributed by atoms with Crippen molar-refractivity contribution in [3.63, 3.8) is 0 Å². The molecule has 7 nitrogen and oxygen atoms in total. The number of allylic oxidation sites excluding steroid dienone is 1. The molecule has 0 aliphatic carbocycles. The first kappa shape index (κ1) is 19.5. The molecular weight excluding hydrogens is 360 g/mol. The molecule has 7 heteroatoms. The Morgan fingerprint density at radius 3 is 2.64 bits per heavy atom. The van der Waals surface area contributed by atoms with Crippen LogP contribution in [0.3, 0.4) is 0 Å². The number of fused-ring (bicyclic) bond motifs is 1. The zero-order valence-electron chi connectivity index (χ0n) is 16.3. The van der Waals surface area contributed by atoms with Crippen molar-refractivity contribution in [2.75, 3.05) is 25.1 Å². The maximum absolute atomic E-state index is 13.0. The Bertz CT molecular complexity index is 929. The summed E-state index contributed by atoms with van der Waals surface area (Å²) in [5, 5.41) is 2.88. The van der Waals surface area contributed by atoms with Crippen molar-refractivity contribution in [2.24, 2.45) is 0 Å². The maximum atomic E-state index is 13.0. The minimum atomic E-state index is -0.455. The fourth-order valence-electron chi connectivity index (χ4n) is 3.36. The lowest BCUT2D eigenvalue weighted by atomic mass is 10.1. The summed E-state index contributed by atoms with van der Waals surface area (Å²) in [5.74, 6) is 0.482. The minimum absolute atomic E-state index is 0.259. The van der Waals surface area contributed by atoms with E-state index in [1.54, 1.807) is 49.6 Å². The van der Waals surface area contributed by atoms with Gasteiger partial charge in [-0.3, -0.25) is 4.79 Å². The fourth-order valence-corrected chi connectivity index (χ4v) is 3.36. The molecule has 2 aromatic rings. The van der Waals surface area contributed by atoms with Crippen LogP contribution in [0.2, 0.25) is 0 Å². The molecule has 0 radical (unpaired) electrons. The van der Waals surface area contributed by atoms with E-state index in [1.165, 1.54) is 0 Å². The third-order valence-electron chi connectivity index (χ3n) is 4.57. The van der Waals surface area contributed by atoms with Crippen LogP contribution in [0.5, 0.6) is 11.5 Å². The first-order chi connectivity index (χ1) is 13.5. The third-order valence-corrected chi connectivity index (χ3v) is 4.57. The molecule has 2 heterocycles. The molecule has 0 spiro atoms. The number of rotatable bonds is 6. The molecule has 0 saturated carbocycles. The number of ether oxygens (including phenoxy) is 3. The molecule has 1 N–H and O–H groups in total. The number of amides is 1. The summed E-state index contributed by atoms with van der Waals surface area (Å²) in [5.41, 5.74) is 2.65. The summed E-state index contributed by atoms with van der Waals surface area (Å²) in [4.78, 5) is 25.4. The average Bonchev–Trinajstić information content (AvgIpc) is 2.92. The number of carbonyl (C=O) groups is 2. The molecular formula is C21H24N2O5. The Hall–Kier alpha value is -3.22. The Morgan fingerprint density at radius 1 is 1.25 bits per heavy atom. The number of nitrogens with one attached hydrogen (secondary N) is 1. The van der Waals surface area contributed by atoms with E-state index in [9.17, 15) is 9.59 Å². The molecule has 1 aliphatic rings. The van der Waals surface area contributed by atoms with Crippen molar-refractivity contribution in [3.05, 3.63) is 53.4 Å². The molecule has 1 aliphatic heterocycles. The second kappa shape index (κ2) is 8.21. The van der Waals surface area contributed by atoms with E-state index in [4.69, 9.17) is 14.2 Å². The summed E-state index contributed by atoms with van der Waals surface area (Å²) in [6, 6.07) is 5.24. The van der Waals surface area contributed by atoms with E-state index in [1.807, 2.05) is 0 Å². The standard InChI is InChI=1S/C21H24N2O5/c1-5-9-23-14(4)18(13(3)19(23)21(25)26-6-2)20(24)22-15-7-8-16-17(12-15)28-11-10-27-16/h5,7-8,12H,1,6,9-11H2,2-4H3,(H,22,24). The van der Waals surface area contributed by atoms with Gasteiger partial charge in [-0.2, -0.15) is 0 Å². The second-order valence-electron chi connectivity index (χ2n) is 6.37. The molecule has 0 unspecified atom stereocenters. The van der Waals surface area contributed by atoms with Gasteiger partial charge >= 0.3 is 5.97 Å². The van der Waals surface area contributed by atoms with Gasteiger partial charge in [0.05, 0.1) is 12.2 Å². The van der Waals surface area contributed by atoms with Crippen molar-refractivity contribution >= 4 is 17.6 Å². The topological polar surface area (TPSA) is 78.8 Å². The lowest BCUT2D eigenvalue weighted by Gasteiger charge is -2.19. The Balaban J connectivity index is 1.94. The van der Waals surface area contributed by atoms with Crippen molar-refractivity contribution < 1.29 is 23.8 Å². The quantitative estimate of drug-likeness (QED) is 0.609. The van der Waals surface area contributed by atoms with Gasteiger partial charge in [0.25, 0.3) is 5.91 Å². The van der Waals surface area contributed by atoms with Gasteiger partial charge in [-0.25, -0.2) is 4.79 Å². The average molecular weight is 384 g/mol. The van der Waals surface area contributed by atoms with Crippen molar-refractivity contribution in [2.45, 2.75) is 27.3 Å². The lowest BCUT2D eigenvalue weighted by molar-refractivity contribution is 0.0513. The Kier molecular flexibility index (Phi) is 5.73. The third kappa shape index (κ3) is 3.60. The summed E-state index contributed by atoms with van der Waals surface area (Å²) in [7, 11) is 0. The zero-order chi connectivity index (χ0) is 20.3. The van der Waals surface area contributed by atoms with Gasteiger partial charge in [0.2, 0.25) is 0 Å². The van der Waals surface area contributed by atoms with E-state index < -0.39 is 5.97 Å². The van der Waals surface area contributed by atoms with E-state index >= 15 is 0 Å². The van der Waals surface area contributed by atoms with E-state index in [0.29, 0.717) is 59.5 Å². The normalized spacial score (nSPS) is 12.4. The van der Waals surface area contributed by atoms with Crippen LogP contribution in [0.15, 0.2) is 30.9 Å². The number of carbonyl (C=O) groups excluding carboxylic acids is 2. The highest BCUT2D eigenvalue weighted by molar-refractivity contribution is 6.08.